The van der Waals surface area contributed by atoms with E-state index in [1.807, 2.05) is 11.8 Å². The van der Waals surface area contributed by atoms with E-state index in [-0.39, 0.29) is 0 Å². The molecule has 0 saturated carbocycles. The third kappa shape index (κ3) is 4.59. The Hall–Kier alpha value is -2.04. The summed E-state index contributed by atoms with van der Waals surface area (Å²) in [6.07, 6.45) is 3.85. The maximum absolute atomic E-state index is 11.2. The van der Waals surface area contributed by atoms with Crippen molar-refractivity contribution in [1.82, 2.24) is 4.90 Å². The van der Waals surface area contributed by atoms with Crippen LogP contribution >= 0.6 is 11.8 Å². The molecule has 3 nitrogen and oxygen atoms in total. The van der Waals surface area contributed by atoms with Crippen LogP contribution in [0.25, 0.3) is 5.57 Å². The molecule has 0 aliphatic carbocycles. The molecule has 4 heteroatoms. The average Bonchev–Trinajstić information content (AvgIpc) is 2.90. The highest BCUT2D eigenvalue weighted by molar-refractivity contribution is 7.98. The molecule has 1 fully saturated rings. The minimum Gasteiger partial charge on any atom is -0.497 e. The van der Waals surface area contributed by atoms with E-state index >= 15 is 0 Å². The normalized spacial score (nSPS) is 16.8. The van der Waals surface area contributed by atoms with E-state index in [1.165, 1.54) is 27.2 Å². The first-order valence-electron chi connectivity index (χ1n) is 10.5. The van der Waals surface area contributed by atoms with Gasteiger partial charge in [0.2, 0.25) is 0 Å². The van der Waals surface area contributed by atoms with E-state index in [0.29, 0.717) is 12.2 Å². The van der Waals surface area contributed by atoms with Gasteiger partial charge in [-0.15, -0.1) is 11.8 Å². The van der Waals surface area contributed by atoms with Gasteiger partial charge in [0, 0.05) is 30.2 Å². The number of piperidine rings is 1. The van der Waals surface area contributed by atoms with Crippen LogP contribution in [0.15, 0.2) is 52.9 Å². The number of carbonyl (C=O) groups excluding carboxylic acids is 1. The van der Waals surface area contributed by atoms with Gasteiger partial charge < -0.3 is 14.4 Å². The van der Waals surface area contributed by atoms with Crippen molar-refractivity contribution in [3.8, 4) is 5.75 Å². The zero-order chi connectivity index (χ0) is 20.2. The summed E-state index contributed by atoms with van der Waals surface area (Å²) in [5, 5.41) is 0. The molecule has 1 saturated heterocycles. The molecule has 0 atom stereocenters. The van der Waals surface area contributed by atoms with Crippen molar-refractivity contribution in [3.63, 3.8) is 0 Å². The number of methoxy groups -OCH3 is 1. The number of likely N-dealkylation sites (tertiary alicyclic amines) is 1. The Morgan fingerprint density at radius 1 is 1.10 bits per heavy atom. The number of hydrogen-bond acceptors (Lipinski definition) is 4. The molecule has 0 bridgehead atoms. The van der Waals surface area contributed by atoms with Crippen LogP contribution < -0.4 is 4.74 Å². The van der Waals surface area contributed by atoms with Crippen molar-refractivity contribution in [2.45, 2.75) is 43.3 Å². The molecule has 0 N–H and O–H groups in total. The Labute approximate surface area is 178 Å². The van der Waals surface area contributed by atoms with Gasteiger partial charge in [0.15, 0.2) is 0 Å². The molecule has 0 spiro atoms. The van der Waals surface area contributed by atoms with Crippen molar-refractivity contribution < 1.29 is 9.53 Å². The van der Waals surface area contributed by atoms with Crippen LogP contribution in [0.2, 0.25) is 0 Å². The van der Waals surface area contributed by atoms with Gasteiger partial charge in [-0.1, -0.05) is 29.8 Å². The summed E-state index contributed by atoms with van der Waals surface area (Å²) in [5.41, 5.74) is 7.09. The third-order valence-electron chi connectivity index (χ3n) is 5.94. The lowest BCUT2D eigenvalue weighted by molar-refractivity contribution is -0.117. The second-order valence-corrected chi connectivity index (χ2v) is 8.95. The zero-order valence-corrected chi connectivity index (χ0v) is 18.2. The molecule has 0 unspecified atom stereocenters. The monoisotopic (exact) mass is 407 g/mol. The highest BCUT2D eigenvalue weighted by Crippen LogP contribution is 2.44. The van der Waals surface area contributed by atoms with Crippen molar-refractivity contribution >= 4 is 23.1 Å². The summed E-state index contributed by atoms with van der Waals surface area (Å²) in [4.78, 5) is 15.1. The Bertz CT molecular complexity index is 924. The van der Waals surface area contributed by atoms with E-state index in [4.69, 9.17) is 4.74 Å². The zero-order valence-electron chi connectivity index (χ0n) is 17.4. The van der Waals surface area contributed by atoms with Crippen molar-refractivity contribution in [1.29, 1.82) is 0 Å². The van der Waals surface area contributed by atoms with Gasteiger partial charge in [0.25, 0.3) is 0 Å². The predicted molar refractivity (Wildman–Crippen MR) is 121 cm³/mol. The third-order valence-corrected chi connectivity index (χ3v) is 7.06. The summed E-state index contributed by atoms with van der Waals surface area (Å²) in [6, 6.07) is 15.4. The molecule has 2 aromatic carbocycles. The summed E-state index contributed by atoms with van der Waals surface area (Å²) in [6.45, 7) is 4.86. The summed E-state index contributed by atoms with van der Waals surface area (Å²) in [5.74, 6) is 2.22. The van der Waals surface area contributed by atoms with Crippen molar-refractivity contribution in [2.75, 3.05) is 26.7 Å². The number of nitrogens with zero attached hydrogens (tertiary/aromatic N) is 1. The van der Waals surface area contributed by atoms with E-state index < -0.39 is 0 Å². The standard InChI is InChI=1S/C25H29NO2S/c1-18(27)6-5-13-26-14-11-19(12-15-26)25-22-8-4-3-7-20(22)17-29-24-10-9-21(28-2)16-23(24)25/h3-4,7-10,16H,5-6,11-15,17H2,1-2H3. The van der Waals surface area contributed by atoms with Crippen LogP contribution in [-0.4, -0.2) is 37.4 Å². The number of thioether (sulfide) groups is 1. The summed E-state index contributed by atoms with van der Waals surface area (Å²) < 4.78 is 5.56. The molecule has 2 heterocycles. The number of benzene rings is 2. The number of carbonyl (C=O) groups is 1. The minimum atomic E-state index is 0.294. The fraction of sp³-hybridized carbons (Fsp3) is 0.400. The molecular weight excluding hydrogens is 378 g/mol. The Morgan fingerprint density at radius 3 is 2.66 bits per heavy atom. The lowest BCUT2D eigenvalue weighted by atomic mass is 9.86. The largest absolute Gasteiger partial charge is 0.497 e. The maximum atomic E-state index is 11.2. The van der Waals surface area contributed by atoms with Crippen LogP contribution in [0.5, 0.6) is 5.75 Å². The molecule has 0 aromatic heterocycles. The minimum absolute atomic E-state index is 0.294. The van der Waals surface area contributed by atoms with Crippen LogP contribution in [0.4, 0.5) is 0 Å². The molecular formula is C25H29NO2S. The van der Waals surface area contributed by atoms with Gasteiger partial charge >= 0.3 is 0 Å². The van der Waals surface area contributed by atoms with E-state index in [2.05, 4.69) is 47.4 Å². The molecule has 2 aliphatic heterocycles. The SMILES string of the molecule is COc1ccc2c(c1)C(=C1CCN(CCCC(C)=O)CC1)c1ccccc1CS2. The number of ether oxygens (including phenoxy) is 1. The van der Waals surface area contributed by atoms with E-state index in [0.717, 1.165) is 50.4 Å². The molecule has 0 radical (unpaired) electrons. The van der Waals surface area contributed by atoms with Gasteiger partial charge in [0.05, 0.1) is 7.11 Å². The highest BCUT2D eigenvalue weighted by Gasteiger charge is 2.24. The van der Waals surface area contributed by atoms with Gasteiger partial charge in [0.1, 0.15) is 11.5 Å². The van der Waals surface area contributed by atoms with Gasteiger partial charge in [-0.3, -0.25) is 0 Å². The summed E-state index contributed by atoms with van der Waals surface area (Å²) >= 11 is 1.92. The number of rotatable bonds is 5. The number of ketones is 1. The van der Waals surface area contributed by atoms with E-state index in [1.54, 1.807) is 19.6 Å². The topological polar surface area (TPSA) is 29.5 Å². The Balaban J connectivity index is 1.66. The summed E-state index contributed by atoms with van der Waals surface area (Å²) in [7, 11) is 1.74. The first-order chi connectivity index (χ1) is 14.2. The van der Waals surface area contributed by atoms with Gasteiger partial charge in [-0.05, 0) is 73.2 Å². The fourth-order valence-corrected chi connectivity index (χ4v) is 5.42. The quantitative estimate of drug-likeness (QED) is 0.648. The fourth-order valence-electron chi connectivity index (χ4n) is 4.38. The molecule has 2 aromatic rings. The lowest BCUT2D eigenvalue weighted by Gasteiger charge is -2.30. The van der Waals surface area contributed by atoms with E-state index in [9.17, 15) is 4.79 Å². The lowest BCUT2D eigenvalue weighted by Crippen LogP contribution is -2.32. The Morgan fingerprint density at radius 2 is 1.90 bits per heavy atom. The first kappa shape index (κ1) is 20.2. The first-order valence-corrected chi connectivity index (χ1v) is 11.5. The maximum Gasteiger partial charge on any atom is 0.129 e. The average molecular weight is 408 g/mol. The number of fused-ring (bicyclic) bond motifs is 2. The number of hydrogen-bond donors (Lipinski definition) is 0. The van der Waals surface area contributed by atoms with Crippen LogP contribution in [-0.2, 0) is 10.5 Å². The van der Waals surface area contributed by atoms with Gasteiger partial charge in [-0.2, -0.15) is 0 Å². The molecule has 29 heavy (non-hydrogen) atoms. The van der Waals surface area contributed by atoms with Crippen molar-refractivity contribution in [3.05, 3.63) is 64.7 Å². The van der Waals surface area contributed by atoms with Crippen LogP contribution in [0.3, 0.4) is 0 Å². The second kappa shape index (κ2) is 9.19. The second-order valence-electron chi connectivity index (χ2n) is 7.93. The predicted octanol–water partition coefficient (Wildman–Crippen LogP) is 5.57. The molecule has 4 rings (SSSR count). The molecule has 0 amide bonds. The molecule has 2 aliphatic rings. The smallest absolute Gasteiger partial charge is 0.129 e. The van der Waals surface area contributed by atoms with Crippen molar-refractivity contribution in [2.24, 2.45) is 0 Å². The van der Waals surface area contributed by atoms with Crippen LogP contribution in [0, 0.1) is 0 Å². The molecule has 152 valence electrons. The number of Topliss-reactive ketones (excluding diaryl/α,β-unsaturated/α-hetero) is 1. The highest BCUT2D eigenvalue weighted by atomic mass is 32.2. The Kier molecular flexibility index (Phi) is 6.41. The van der Waals surface area contributed by atoms with Crippen LogP contribution in [0.1, 0.15) is 49.3 Å². The van der Waals surface area contributed by atoms with Gasteiger partial charge in [-0.25, -0.2) is 0 Å².